The lowest BCUT2D eigenvalue weighted by atomic mass is 9.64. The monoisotopic (exact) mass is 420 g/mol. The van der Waals surface area contributed by atoms with E-state index in [2.05, 4.69) is 35.0 Å². The van der Waals surface area contributed by atoms with Gasteiger partial charge < -0.3 is 9.88 Å². The standard InChI is InChI=1S/C25H28N2O2S/c1-3-4-12-25-19(22(28)21-10-7-14-30-21)15-16(2)24(29)27(25)13-11-18-17-8-5-6-9-20(17)26-23(18)25/h5-10,14,16,19,26H,3-4,11-13,15H2,1-2H3/t16-,19+,25-/m0/s1. The number of nitrogens with zero attached hydrogens (tertiary/aromatic N) is 1. The molecule has 0 spiro atoms. The molecule has 0 saturated carbocycles. The Labute approximate surface area is 181 Å². The first-order valence-corrected chi connectivity index (χ1v) is 11.9. The van der Waals surface area contributed by atoms with E-state index in [1.165, 1.54) is 22.3 Å². The molecule has 1 fully saturated rings. The number of nitrogens with one attached hydrogen (secondary N) is 1. The second-order valence-corrected chi connectivity index (χ2v) is 9.77. The van der Waals surface area contributed by atoms with E-state index in [0.29, 0.717) is 13.0 Å². The summed E-state index contributed by atoms with van der Waals surface area (Å²) in [5.74, 6) is 0.0460. The Kier molecular flexibility index (Phi) is 4.81. The molecule has 4 heterocycles. The Hall–Kier alpha value is -2.40. The van der Waals surface area contributed by atoms with E-state index in [-0.39, 0.29) is 23.5 Å². The van der Waals surface area contributed by atoms with Gasteiger partial charge in [0.1, 0.15) is 0 Å². The van der Waals surface area contributed by atoms with Crippen LogP contribution in [0.2, 0.25) is 0 Å². The SMILES string of the molecule is CCCC[C@]12c3[nH]c4ccccc4c3CCN1C(=O)[C@@H](C)C[C@@H]2C(=O)c1cccs1. The summed E-state index contributed by atoms with van der Waals surface area (Å²) in [7, 11) is 0. The highest BCUT2D eigenvalue weighted by Crippen LogP contribution is 2.52. The lowest BCUT2D eigenvalue weighted by molar-refractivity contribution is -0.154. The third kappa shape index (κ3) is 2.71. The first-order chi connectivity index (χ1) is 14.6. The second kappa shape index (κ2) is 7.38. The molecule has 2 aliphatic rings. The quantitative estimate of drug-likeness (QED) is 0.551. The van der Waals surface area contributed by atoms with Gasteiger partial charge in [0.25, 0.3) is 0 Å². The van der Waals surface area contributed by atoms with Crippen LogP contribution in [0.5, 0.6) is 0 Å². The number of carbonyl (C=O) groups is 2. The van der Waals surface area contributed by atoms with E-state index in [1.54, 1.807) is 0 Å². The van der Waals surface area contributed by atoms with Gasteiger partial charge in [-0.2, -0.15) is 0 Å². The maximum Gasteiger partial charge on any atom is 0.226 e. The molecule has 1 amide bonds. The number of carbonyl (C=O) groups excluding carboxylic acids is 2. The fraction of sp³-hybridized carbons (Fsp3) is 0.440. The maximum atomic E-state index is 13.8. The molecule has 0 unspecified atom stereocenters. The normalized spacial score (nSPS) is 25.9. The molecule has 4 nitrogen and oxygen atoms in total. The second-order valence-electron chi connectivity index (χ2n) is 8.82. The average Bonchev–Trinajstić information content (AvgIpc) is 3.42. The molecule has 1 saturated heterocycles. The molecule has 3 atom stereocenters. The van der Waals surface area contributed by atoms with Crippen LogP contribution in [0, 0.1) is 11.8 Å². The number of unbranched alkanes of at least 4 members (excludes halogenated alkanes) is 1. The minimum atomic E-state index is -0.576. The Morgan fingerprint density at radius 1 is 1.27 bits per heavy atom. The van der Waals surface area contributed by atoms with Gasteiger partial charge >= 0.3 is 0 Å². The topological polar surface area (TPSA) is 53.2 Å². The maximum absolute atomic E-state index is 13.8. The lowest BCUT2D eigenvalue weighted by Crippen LogP contribution is -2.63. The zero-order valence-corrected chi connectivity index (χ0v) is 18.4. The Bertz CT molecular complexity index is 1100. The molecule has 5 heteroatoms. The smallest absolute Gasteiger partial charge is 0.226 e. The summed E-state index contributed by atoms with van der Waals surface area (Å²) < 4.78 is 0. The van der Waals surface area contributed by atoms with Crippen molar-refractivity contribution in [2.45, 2.75) is 51.5 Å². The number of rotatable bonds is 5. The van der Waals surface area contributed by atoms with Crippen LogP contribution in [-0.4, -0.2) is 28.1 Å². The molecule has 5 rings (SSSR count). The summed E-state index contributed by atoms with van der Waals surface area (Å²) in [6.45, 7) is 4.86. The first kappa shape index (κ1) is 19.6. The Morgan fingerprint density at radius 3 is 2.87 bits per heavy atom. The van der Waals surface area contributed by atoms with E-state index < -0.39 is 5.54 Å². The van der Waals surface area contributed by atoms with Crippen molar-refractivity contribution in [1.82, 2.24) is 9.88 Å². The largest absolute Gasteiger partial charge is 0.356 e. The number of Topliss-reactive ketones (excluding diaryl/α,β-unsaturated/α-hetero) is 1. The minimum absolute atomic E-state index is 0.125. The number of aromatic amines is 1. The van der Waals surface area contributed by atoms with E-state index >= 15 is 0 Å². The number of aromatic nitrogens is 1. The highest BCUT2D eigenvalue weighted by Gasteiger charge is 2.57. The highest BCUT2D eigenvalue weighted by atomic mass is 32.1. The van der Waals surface area contributed by atoms with Crippen molar-refractivity contribution >= 4 is 33.9 Å². The van der Waals surface area contributed by atoms with Crippen molar-refractivity contribution in [3.8, 4) is 0 Å². The van der Waals surface area contributed by atoms with Crippen LogP contribution in [0.4, 0.5) is 0 Å². The van der Waals surface area contributed by atoms with E-state index in [9.17, 15) is 9.59 Å². The molecule has 0 bridgehead atoms. The summed E-state index contributed by atoms with van der Waals surface area (Å²) in [6, 6.07) is 12.3. The molecule has 1 N–H and O–H groups in total. The molecule has 3 aromatic rings. The number of piperidine rings is 1. The van der Waals surface area contributed by atoms with Crippen LogP contribution in [0.25, 0.3) is 10.9 Å². The van der Waals surface area contributed by atoms with E-state index in [1.807, 2.05) is 30.5 Å². The van der Waals surface area contributed by atoms with Crippen LogP contribution in [-0.2, 0) is 16.8 Å². The number of para-hydroxylation sites is 1. The summed E-state index contributed by atoms with van der Waals surface area (Å²) in [5.41, 5.74) is 2.93. The minimum Gasteiger partial charge on any atom is -0.356 e. The first-order valence-electron chi connectivity index (χ1n) is 11.1. The van der Waals surface area contributed by atoms with Gasteiger partial charge in [-0.15, -0.1) is 11.3 Å². The van der Waals surface area contributed by atoms with Crippen molar-refractivity contribution in [3.05, 3.63) is 57.9 Å². The van der Waals surface area contributed by atoms with Crippen LogP contribution in [0.3, 0.4) is 0 Å². The number of fused-ring (bicyclic) bond motifs is 5. The number of hydrogen-bond donors (Lipinski definition) is 1. The molecule has 0 aliphatic carbocycles. The molecule has 30 heavy (non-hydrogen) atoms. The average molecular weight is 421 g/mol. The summed E-state index contributed by atoms with van der Waals surface area (Å²) >= 11 is 1.51. The van der Waals surface area contributed by atoms with Crippen LogP contribution in [0.15, 0.2) is 41.8 Å². The molecule has 2 aliphatic heterocycles. The van der Waals surface area contributed by atoms with Gasteiger partial charge in [-0.3, -0.25) is 9.59 Å². The Morgan fingerprint density at radius 2 is 2.10 bits per heavy atom. The van der Waals surface area contributed by atoms with Crippen molar-refractivity contribution in [1.29, 1.82) is 0 Å². The zero-order chi connectivity index (χ0) is 20.9. The highest BCUT2D eigenvalue weighted by molar-refractivity contribution is 7.12. The number of ketones is 1. The van der Waals surface area contributed by atoms with Crippen molar-refractivity contribution in [3.63, 3.8) is 0 Å². The zero-order valence-electron chi connectivity index (χ0n) is 17.6. The van der Waals surface area contributed by atoms with Gasteiger partial charge in [-0.1, -0.05) is 51.0 Å². The third-order valence-corrected chi connectivity index (χ3v) is 8.04. The summed E-state index contributed by atoms with van der Waals surface area (Å²) in [6.07, 6.45) is 4.30. The number of benzene rings is 1. The van der Waals surface area contributed by atoms with Gasteiger partial charge in [0.2, 0.25) is 5.91 Å². The number of hydrogen-bond acceptors (Lipinski definition) is 3. The van der Waals surface area contributed by atoms with E-state index in [4.69, 9.17) is 0 Å². The molecular formula is C25H28N2O2S. The molecule has 1 aromatic carbocycles. The Balaban J connectivity index is 1.75. The van der Waals surface area contributed by atoms with Crippen LogP contribution < -0.4 is 0 Å². The van der Waals surface area contributed by atoms with E-state index in [0.717, 1.165) is 41.8 Å². The van der Waals surface area contributed by atoms with Gasteiger partial charge in [-0.25, -0.2) is 0 Å². The van der Waals surface area contributed by atoms with Gasteiger partial charge in [0.05, 0.1) is 16.3 Å². The van der Waals surface area contributed by atoms with Crippen molar-refractivity contribution in [2.75, 3.05) is 6.54 Å². The molecular weight excluding hydrogens is 392 g/mol. The van der Waals surface area contributed by atoms with Crippen molar-refractivity contribution < 1.29 is 9.59 Å². The lowest BCUT2D eigenvalue weighted by Gasteiger charge is -2.55. The molecule has 2 aromatic heterocycles. The van der Waals surface area contributed by atoms with Gasteiger partial charge in [0, 0.05) is 29.1 Å². The summed E-state index contributed by atoms with van der Waals surface area (Å²) in [5, 5.41) is 3.20. The third-order valence-electron chi connectivity index (χ3n) is 7.16. The number of amides is 1. The number of H-pyrrole nitrogens is 1. The fourth-order valence-corrected chi connectivity index (χ4v) is 6.49. The van der Waals surface area contributed by atoms with Gasteiger partial charge in [0.15, 0.2) is 5.78 Å². The summed E-state index contributed by atoms with van der Waals surface area (Å²) in [4.78, 5) is 33.8. The van der Waals surface area contributed by atoms with Crippen LogP contribution in [0.1, 0.15) is 60.5 Å². The van der Waals surface area contributed by atoms with Gasteiger partial charge in [-0.05, 0) is 42.3 Å². The van der Waals surface area contributed by atoms with Crippen LogP contribution >= 0.6 is 11.3 Å². The molecule has 156 valence electrons. The number of thiophene rings is 1. The van der Waals surface area contributed by atoms with Crippen molar-refractivity contribution in [2.24, 2.45) is 11.8 Å². The fourth-order valence-electron chi connectivity index (χ4n) is 5.77. The predicted octanol–water partition coefficient (Wildman–Crippen LogP) is 5.54. The predicted molar refractivity (Wildman–Crippen MR) is 121 cm³/mol. The molecule has 0 radical (unpaired) electrons.